The quantitative estimate of drug-likeness (QED) is 0.928. The molecular formula is C14H17FN4O. The van der Waals surface area contributed by atoms with Crippen LogP contribution in [0, 0.1) is 5.82 Å². The van der Waals surface area contributed by atoms with Crippen LogP contribution in [0.2, 0.25) is 0 Å². The fraction of sp³-hybridized carbons (Fsp3) is 0.286. The predicted molar refractivity (Wildman–Crippen MR) is 74.1 cm³/mol. The molecule has 0 aliphatic carbocycles. The summed E-state index contributed by atoms with van der Waals surface area (Å²) in [6.45, 7) is 1.71. The molecule has 0 bridgehead atoms. The zero-order chi connectivity index (χ0) is 14.9. The molecule has 2 aromatic rings. The Labute approximate surface area is 116 Å². The fourth-order valence-electron chi connectivity index (χ4n) is 1.98. The maximum atomic E-state index is 13.9. The van der Waals surface area contributed by atoms with Gasteiger partial charge in [-0.2, -0.15) is 5.10 Å². The van der Waals surface area contributed by atoms with Crippen LogP contribution in [0.25, 0.3) is 5.69 Å². The second-order valence-corrected chi connectivity index (χ2v) is 4.81. The molecule has 1 aromatic carbocycles. The Bertz CT molecular complexity index is 634. The third-order valence-corrected chi connectivity index (χ3v) is 2.95. The van der Waals surface area contributed by atoms with Crippen molar-refractivity contribution in [3.8, 4) is 5.69 Å². The summed E-state index contributed by atoms with van der Waals surface area (Å²) in [5, 5.41) is 4.19. The van der Waals surface area contributed by atoms with E-state index in [-0.39, 0.29) is 11.7 Å². The van der Waals surface area contributed by atoms with Crippen molar-refractivity contribution in [3.63, 3.8) is 0 Å². The molecule has 2 N–H and O–H groups in total. The van der Waals surface area contributed by atoms with Crippen LogP contribution in [0.3, 0.4) is 0 Å². The molecule has 5 nitrogen and oxygen atoms in total. The van der Waals surface area contributed by atoms with Crippen molar-refractivity contribution in [1.29, 1.82) is 0 Å². The van der Waals surface area contributed by atoms with Gasteiger partial charge in [0.2, 0.25) is 0 Å². The Morgan fingerprint density at radius 2 is 2.10 bits per heavy atom. The van der Waals surface area contributed by atoms with Crippen LogP contribution in [0.4, 0.5) is 4.39 Å². The average molecular weight is 276 g/mol. The monoisotopic (exact) mass is 276 g/mol. The zero-order valence-electron chi connectivity index (χ0n) is 11.7. The molecule has 0 unspecified atom stereocenters. The van der Waals surface area contributed by atoms with Gasteiger partial charge in [-0.05, 0) is 25.1 Å². The predicted octanol–water partition coefficient (Wildman–Crippen LogP) is 1.73. The van der Waals surface area contributed by atoms with Gasteiger partial charge in [-0.25, -0.2) is 9.07 Å². The van der Waals surface area contributed by atoms with E-state index in [0.717, 1.165) is 0 Å². The van der Waals surface area contributed by atoms with Crippen LogP contribution >= 0.6 is 0 Å². The van der Waals surface area contributed by atoms with Crippen LogP contribution in [0.5, 0.6) is 0 Å². The van der Waals surface area contributed by atoms with E-state index < -0.39 is 6.04 Å². The highest BCUT2D eigenvalue weighted by Gasteiger charge is 2.17. The summed E-state index contributed by atoms with van der Waals surface area (Å²) < 4.78 is 15.4. The molecule has 1 amide bonds. The van der Waals surface area contributed by atoms with Gasteiger partial charge in [-0.3, -0.25) is 4.79 Å². The summed E-state index contributed by atoms with van der Waals surface area (Å²) >= 11 is 0. The lowest BCUT2D eigenvalue weighted by Crippen LogP contribution is -2.22. The number of nitrogens with two attached hydrogens (primary N) is 1. The largest absolute Gasteiger partial charge is 0.343 e. The maximum absolute atomic E-state index is 13.9. The first-order chi connectivity index (χ1) is 9.41. The third-order valence-electron chi connectivity index (χ3n) is 2.95. The van der Waals surface area contributed by atoms with Crippen LogP contribution < -0.4 is 5.73 Å². The van der Waals surface area contributed by atoms with Crippen molar-refractivity contribution < 1.29 is 9.18 Å². The summed E-state index contributed by atoms with van der Waals surface area (Å²) in [5.41, 5.74) is 7.03. The van der Waals surface area contributed by atoms with E-state index in [1.165, 1.54) is 15.6 Å². The highest BCUT2D eigenvalue weighted by molar-refractivity contribution is 5.91. The number of hydrogen-bond acceptors (Lipinski definition) is 3. The second-order valence-electron chi connectivity index (χ2n) is 4.81. The molecule has 1 atom stereocenters. The van der Waals surface area contributed by atoms with Gasteiger partial charge in [0.1, 0.15) is 5.82 Å². The maximum Gasteiger partial charge on any atom is 0.273 e. The van der Waals surface area contributed by atoms with Crippen LogP contribution in [0.15, 0.2) is 30.5 Å². The van der Waals surface area contributed by atoms with Gasteiger partial charge in [0, 0.05) is 31.9 Å². The molecule has 1 heterocycles. The smallest absolute Gasteiger partial charge is 0.273 e. The standard InChI is InChI=1S/C14H17FN4O/c1-9(16)13-10(15)5-4-6-12(13)19-8-7-11(17-19)14(20)18(2)3/h4-9H,16H2,1-3H3/t9-/m0/s1. The van der Waals surface area contributed by atoms with Gasteiger partial charge >= 0.3 is 0 Å². The molecule has 0 saturated heterocycles. The number of carbonyl (C=O) groups excluding carboxylic acids is 1. The number of amides is 1. The SMILES string of the molecule is C[C@H](N)c1c(F)cccc1-n1ccc(C(=O)N(C)C)n1. The minimum atomic E-state index is -0.469. The molecule has 0 spiro atoms. The molecule has 106 valence electrons. The summed E-state index contributed by atoms with van der Waals surface area (Å²) in [7, 11) is 3.30. The third kappa shape index (κ3) is 2.55. The molecule has 0 radical (unpaired) electrons. The number of carbonyl (C=O) groups is 1. The van der Waals surface area contributed by atoms with Crippen LogP contribution in [-0.2, 0) is 0 Å². The highest BCUT2D eigenvalue weighted by atomic mass is 19.1. The van der Waals surface area contributed by atoms with E-state index in [2.05, 4.69) is 5.10 Å². The minimum absolute atomic E-state index is 0.206. The molecule has 0 fully saturated rings. The molecule has 1 aromatic heterocycles. The second kappa shape index (κ2) is 5.42. The lowest BCUT2D eigenvalue weighted by molar-refractivity contribution is 0.0821. The molecule has 0 aliphatic heterocycles. The lowest BCUT2D eigenvalue weighted by Gasteiger charge is -2.13. The Morgan fingerprint density at radius 3 is 2.70 bits per heavy atom. The topological polar surface area (TPSA) is 64.2 Å². The number of rotatable bonds is 3. The summed E-state index contributed by atoms with van der Waals surface area (Å²) in [4.78, 5) is 13.3. The van der Waals surface area contributed by atoms with E-state index in [0.29, 0.717) is 16.9 Å². The molecular weight excluding hydrogens is 259 g/mol. The molecule has 2 rings (SSSR count). The van der Waals surface area contributed by atoms with Gasteiger partial charge in [-0.1, -0.05) is 6.07 Å². The van der Waals surface area contributed by atoms with E-state index in [1.807, 2.05) is 0 Å². The number of hydrogen-bond donors (Lipinski definition) is 1. The van der Waals surface area contributed by atoms with Crippen molar-refractivity contribution in [2.24, 2.45) is 5.73 Å². The van der Waals surface area contributed by atoms with Crippen molar-refractivity contribution in [3.05, 3.63) is 47.5 Å². The fourth-order valence-corrected chi connectivity index (χ4v) is 1.98. The van der Waals surface area contributed by atoms with Gasteiger partial charge < -0.3 is 10.6 Å². The van der Waals surface area contributed by atoms with Crippen molar-refractivity contribution >= 4 is 5.91 Å². The van der Waals surface area contributed by atoms with Crippen molar-refractivity contribution in [2.75, 3.05) is 14.1 Å². The molecule has 20 heavy (non-hydrogen) atoms. The van der Waals surface area contributed by atoms with E-state index >= 15 is 0 Å². The summed E-state index contributed by atoms with van der Waals surface area (Å²) in [6.07, 6.45) is 1.62. The number of benzene rings is 1. The van der Waals surface area contributed by atoms with Gasteiger partial charge in [0.05, 0.1) is 5.69 Å². The summed E-state index contributed by atoms with van der Waals surface area (Å²) in [5.74, 6) is -0.587. The Balaban J connectivity index is 2.48. The molecule has 0 aliphatic rings. The Morgan fingerprint density at radius 1 is 1.40 bits per heavy atom. The van der Waals surface area contributed by atoms with Crippen molar-refractivity contribution in [2.45, 2.75) is 13.0 Å². The van der Waals surface area contributed by atoms with E-state index in [4.69, 9.17) is 5.73 Å². The van der Waals surface area contributed by atoms with Gasteiger partial charge in [0.25, 0.3) is 5.91 Å². The number of aromatic nitrogens is 2. The van der Waals surface area contributed by atoms with E-state index in [1.54, 1.807) is 45.4 Å². The highest BCUT2D eigenvalue weighted by Crippen LogP contribution is 2.23. The van der Waals surface area contributed by atoms with Crippen LogP contribution in [0.1, 0.15) is 29.0 Å². The average Bonchev–Trinajstić information content (AvgIpc) is 2.86. The summed E-state index contributed by atoms with van der Waals surface area (Å²) in [6, 6.07) is 5.79. The Hall–Kier alpha value is -2.21. The number of nitrogens with zero attached hydrogens (tertiary/aromatic N) is 3. The minimum Gasteiger partial charge on any atom is -0.343 e. The van der Waals surface area contributed by atoms with Gasteiger partial charge in [0.15, 0.2) is 5.69 Å². The zero-order valence-corrected chi connectivity index (χ0v) is 11.7. The van der Waals surface area contributed by atoms with Gasteiger partial charge in [-0.15, -0.1) is 0 Å². The first-order valence-electron chi connectivity index (χ1n) is 6.23. The molecule has 6 heteroatoms. The molecule has 0 saturated carbocycles. The van der Waals surface area contributed by atoms with Crippen molar-refractivity contribution in [1.82, 2.24) is 14.7 Å². The van der Waals surface area contributed by atoms with E-state index in [9.17, 15) is 9.18 Å². The lowest BCUT2D eigenvalue weighted by atomic mass is 10.1. The first kappa shape index (κ1) is 14.2. The van der Waals surface area contributed by atoms with Crippen LogP contribution in [-0.4, -0.2) is 34.7 Å². The number of halogens is 1. The first-order valence-corrected chi connectivity index (χ1v) is 6.23. The Kier molecular flexibility index (Phi) is 3.85. The normalized spacial score (nSPS) is 12.2.